The monoisotopic (exact) mass is 489 g/mol. The van der Waals surface area contributed by atoms with E-state index in [9.17, 15) is 10.5 Å². The first-order valence-corrected chi connectivity index (χ1v) is 12.1. The summed E-state index contributed by atoms with van der Waals surface area (Å²) in [5.41, 5.74) is 5.61. The Balaban J connectivity index is 1.43. The summed E-state index contributed by atoms with van der Waals surface area (Å²) in [5.74, 6) is 1.13. The highest BCUT2D eigenvalue weighted by Crippen LogP contribution is 2.34. The maximum Gasteiger partial charge on any atom is 0.137 e. The number of hydrogen-bond acceptors (Lipinski definition) is 4. The minimum atomic E-state index is 0.0406. The fraction of sp³-hybridized carbons (Fsp3) is 0. The predicted octanol–water partition coefficient (Wildman–Crippen LogP) is 8.47. The number of nitriles is 2. The van der Waals surface area contributed by atoms with Crippen LogP contribution in [-0.4, -0.2) is 0 Å². The topological polar surface area (TPSA) is 60.0 Å². The van der Waals surface area contributed by atoms with E-state index in [2.05, 4.69) is 53.4 Å². The van der Waals surface area contributed by atoms with Crippen molar-refractivity contribution in [3.05, 3.63) is 162 Å². The molecule has 1 aliphatic rings. The Kier molecular flexibility index (Phi) is 7.26. The van der Waals surface area contributed by atoms with Crippen LogP contribution in [0.25, 0.3) is 11.8 Å². The van der Waals surface area contributed by atoms with E-state index in [0.29, 0.717) is 17.1 Å². The van der Waals surface area contributed by atoms with E-state index < -0.39 is 0 Å². The van der Waals surface area contributed by atoms with Crippen LogP contribution in [0.2, 0.25) is 0 Å². The molecule has 0 unspecified atom stereocenters. The van der Waals surface area contributed by atoms with Gasteiger partial charge in [0.15, 0.2) is 0 Å². The summed E-state index contributed by atoms with van der Waals surface area (Å²) < 4.78 is 6.12. The Morgan fingerprint density at radius 2 is 1.13 bits per heavy atom. The van der Waals surface area contributed by atoms with Gasteiger partial charge in [-0.25, -0.2) is 0 Å². The lowest BCUT2D eigenvalue weighted by molar-refractivity contribution is 0.396. The van der Waals surface area contributed by atoms with Gasteiger partial charge in [0.25, 0.3) is 0 Å². The van der Waals surface area contributed by atoms with Crippen LogP contribution in [-0.2, 0) is 4.74 Å². The lowest BCUT2D eigenvalue weighted by atomic mass is 10.0. The number of rotatable bonds is 6. The fourth-order valence-corrected chi connectivity index (χ4v) is 4.16. The number of benzene rings is 4. The van der Waals surface area contributed by atoms with Gasteiger partial charge in [-0.2, -0.15) is 10.5 Å². The van der Waals surface area contributed by atoms with Crippen LogP contribution in [0.4, 0.5) is 17.1 Å². The van der Waals surface area contributed by atoms with Crippen molar-refractivity contribution >= 4 is 28.9 Å². The number of allylic oxidation sites excluding steroid dienone is 5. The summed E-state index contributed by atoms with van der Waals surface area (Å²) in [6.07, 6.45) is 7.25. The van der Waals surface area contributed by atoms with Gasteiger partial charge in [0, 0.05) is 28.2 Å². The molecule has 0 spiro atoms. The second kappa shape index (κ2) is 11.4. The number of para-hydroxylation sites is 2. The van der Waals surface area contributed by atoms with Gasteiger partial charge in [-0.15, -0.1) is 0 Å². The molecule has 0 radical (unpaired) electrons. The molecule has 180 valence electrons. The van der Waals surface area contributed by atoms with E-state index in [-0.39, 0.29) is 5.57 Å². The Labute approximate surface area is 222 Å². The first kappa shape index (κ1) is 24.1. The molecule has 4 aromatic rings. The zero-order chi connectivity index (χ0) is 26.2. The van der Waals surface area contributed by atoms with Crippen molar-refractivity contribution in [2.24, 2.45) is 0 Å². The maximum atomic E-state index is 9.41. The molecule has 4 nitrogen and oxygen atoms in total. The third-order valence-corrected chi connectivity index (χ3v) is 6.00. The highest BCUT2D eigenvalue weighted by Gasteiger charge is 2.15. The second-order valence-electron chi connectivity index (χ2n) is 8.51. The molecule has 0 amide bonds. The second-order valence-corrected chi connectivity index (χ2v) is 8.51. The molecule has 0 bridgehead atoms. The van der Waals surface area contributed by atoms with E-state index in [1.54, 1.807) is 12.2 Å². The zero-order valence-corrected chi connectivity index (χ0v) is 20.5. The van der Waals surface area contributed by atoms with Crippen molar-refractivity contribution in [1.82, 2.24) is 0 Å². The van der Waals surface area contributed by atoms with E-state index in [0.717, 1.165) is 28.2 Å². The standard InChI is InChI=1S/C34H23N3O/c35-24-29(25-36)28-22-33(38-34(23-28)27-10-4-1-5-11-27)21-18-26-16-19-32(20-17-26)37(30-12-6-2-7-13-30)31-14-8-3-9-15-31/h1-23H/b21-18+. The van der Waals surface area contributed by atoms with Gasteiger partial charge in [0.2, 0.25) is 0 Å². The predicted molar refractivity (Wildman–Crippen MR) is 152 cm³/mol. The highest BCUT2D eigenvalue weighted by molar-refractivity contribution is 5.77. The molecule has 0 atom stereocenters. The van der Waals surface area contributed by atoms with E-state index in [4.69, 9.17) is 4.74 Å². The minimum absolute atomic E-state index is 0.0406. The first-order valence-electron chi connectivity index (χ1n) is 12.1. The summed E-state index contributed by atoms with van der Waals surface area (Å²) in [6.45, 7) is 0. The van der Waals surface area contributed by atoms with Crippen LogP contribution < -0.4 is 4.90 Å². The van der Waals surface area contributed by atoms with Crippen molar-refractivity contribution in [3.63, 3.8) is 0 Å². The molecule has 0 saturated carbocycles. The minimum Gasteiger partial charge on any atom is -0.457 e. The molecule has 5 rings (SSSR count). The molecule has 1 aliphatic heterocycles. The molecular weight excluding hydrogens is 466 g/mol. The molecular formula is C34H23N3O. The van der Waals surface area contributed by atoms with Crippen LogP contribution in [0.3, 0.4) is 0 Å². The number of anilines is 3. The van der Waals surface area contributed by atoms with Gasteiger partial charge in [-0.1, -0.05) is 84.9 Å². The SMILES string of the molecule is N#CC(C#N)=C1C=C(/C=C/c2ccc(N(c3ccccc3)c3ccccc3)cc2)OC(c2ccccc2)=C1. The summed E-state index contributed by atoms with van der Waals surface area (Å²) in [7, 11) is 0. The smallest absolute Gasteiger partial charge is 0.137 e. The van der Waals surface area contributed by atoms with Gasteiger partial charge in [0.1, 0.15) is 29.2 Å². The van der Waals surface area contributed by atoms with Gasteiger partial charge >= 0.3 is 0 Å². The molecule has 1 heterocycles. The third kappa shape index (κ3) is 5.46. The van der Waals surface area contributed by atoms with Gasteiger partial charge in [0.05, 0.1) is 0 Å². The van der Waals surface area contributed by atoms with Crippen molar-refractivity contribution < 1.29 is 4.74 Å². The van der Waals surface area contributed by atoms with Crippen LogP contribution in [0.1, 0.15) is 11.1 Å². The Morgan fingerprint density at radius 3 is 1.68 bits per heavy atom. The summed E-state index contributed by atoms with van der Waals surface area (Å²) in [6, 6.07) is 42.4. The Hall–Kier alpha value is -5.58. The van der Waals surface area contributed by atoms with Crippen LogP contribution >= 0.6 is 0 Å². The molecule has 0 aliphatic carbocycles. The van der Waals surface area contributed by atoms with Gasteiger partial charge < -0.3 is 9.64 Å². The molecule has 0 fully saturated rings. The quantitative estimate of drug-likeness (QED) is 0.255. The summed E-state index contributed by atoms with van der Waals surface area (Å²) >= 11 is 0. The van der Waals surface area contributed by atoms with Gasteiger partial charge in [-0.05, 0) is 60.2 Å². The molecule has 4 aromatic carbocycles. The molecule has 0 aromatic heterocycles. The van der Waals surface area contributed by atoms with Crippen LogP contribution in [0, 0.1) is 22.7 Å². The van der Waals surface area contributed by atoms with Crippen molar-refractivity contribution in [3.8, 4) is 12.1 Å². The Bertz CT molecular complexity index is 1560. The molecule has 38 heavy (non-hydrogen) atoms. The summed E-state index contributed by atoms with van der Waals surface area (Å²) in [4.78, 5) is 2.21. The first-order chi connectivity index (χ1) is 18.7. The lowest BCUT2D eigenvalue weighted by Gasteiger charge is -2.25. The van der Waals surface area contributed by atoms with E-state index in [1.165, 1.54) is 0 Å². The van der Waals surface area contributed by atoms with Crippen molar-refractivity contribution in [1.29, 1.82) is 10.5 Å². The fourth-order valence-electron chi connectivity index (χ4n) is 4.16. The number of nitrogens with zero attached hydrogens (tertiary/aromatic N) is 3. The number of hydrogen-bond donors (Lipinski definition) is 0. The molecule has 0 saturated heterocycles. The Morgan fingerprint density at radius 1 is 0.605 bits per heavy atom. The van der Waals surface area contributed by atoms with Crippen LogP contribution in [0.5, 0.6) is 0 Å². The van der Waals surface area contributed by atoms with E-state index >= 15 is 0 Å². The highest BCUT2D eigenvalue weighted by atomic mass is 16.5. The molecule has 0 N–H and O–H groups in total. The summed E-state index contributed by atoms with van der Waals surface area (Å²) in [5, 5.41) is 18.8. The van der Waals surface area contributed by atoms with Gasteiger partial charge in [-0.3, -0.25) is 0 Å². The zero-order valence-electron chi connectivity index (χ0n) is 20.5. The average molecular weight is 490 g/mol. The third-order valence-electron chi connectivity index (χ3n) is 6.00. The van der Waals surface area contributed by atoms with Crippen molar-refractivity contribution in [2.45, 2.75) is 0 Å². The van der Waals surface area contributed by atoms with E-state index in [1.807, 2.05) is 91.0 Å². The van der Waals surface area contributed by atoms with Crippen molar-refractivity contribution in [2.75, 3.05) is 4.90 Å². The normalized spacial score (nSPS) is 12.5. The number of ether oxygens (including phenoxy) is 1. The maximum absolute atomic E-state index is 9.41. The lowest BCUT2D eigenvalue weighted by Crippen LogP contribution is -2.09. The average Bonchev–Trinajstić information content (AvgIpc) is 2.99. The van der Waals surface area contributed by atoms with Crippen LogP contribution in [0.15, 0.2) is 150 Å². The largest absolute Gasteiger partial charge is 0.457 e. The molecule has 4 heteroatoms.